The Morgan fingerprint density at radius 3 is 2.81 bits per heavy atom. The van der Waals surface area contributed by atoms with Gasteiger partial charge in [0.15, 0.2) is 0 Å². The summed E-state index contributed by atoms with van der Waals surface area (Å²) in [6, 6.07) is 4.79. The Balaban J connectivity index is 2.32. The van der Waals surface area contributed by atoms with E-state index in [1.54, 1.807) is 19.1 Å². The van der Waals surface area contributed by atoms with Gasteiger partial charge in [-0.1, -0.05) is 13.0 Å². The Bertz CT molecular complexity index is 361. The smallest absolute Gasteiger partial charge is 0.132 e. The predicted octanol–water partition coefficient (Wildman–Crippen LogP) is 3.27. The zero-order valence-electron chi connectivity index (χ0n) is 9.75. The Kier molecular flexibility index (Phi) is 4.96. The summed E-state index contributed by atoms with van der Waals surface area (Å²) in [4.78, 5) is 11.0. The average molecular weight is 224 g/mol. The van der Waals surface area contributed by atoms with E-state index < -0.39 is 0 Å². The van der Waals surface area contributed by atoms with Crippen molar-refractivity contribution in [2.75, 3.05) is 6.61 Å². The number of Topliss-reactive ketones (excluding diaryl/α,β-unsaturated/α-hetero) is 1. The van der Waals surface area contributed by atoms with Crippen LogP contribution in [0.3, 0.4) is 0 Å². The van der Waals surface area contributed by atoms with Crippen molar-refractivity contribution in [3.63, 3.8) is 0 Å². The lowest BCUT2D eigenvalue weighted by Crippen LogP contribution is -2.02. The van der Waals surface area contributed by atoms with Crippen LogP contribution in [0.2, 0.25) is 0 Å². The summed E-state index contributed by atoms with van der Waals surface area (Å²) < 4.78 is 18.5. The van der Waals surface area contributed by atoms with E-state index in [1.807, 2.05) is 6.92 Å². The first kappa shape index (κ1) is 12.7. The number of rotatable bonds is 6. The van der Waals surface area contributed by atoms with E-state index in [1.165, 1.54) is 6.07 Å². The number of carbonyl (C=O) groups excluding carboxylic acids is 1. The quantitative estimate of drug-likeness (QED) is 0.693. The molecule has 0 atom stereocenters. The molecule has 3 heteroatoms. The van der Waals surface area contributed by atoms with Crippen LogP contribution in [-0.4, -0.2) is 12.4 Å². The van der Waals surface area contributed by atoms with Crippen LogP contribution in [0.5, 0.6) is 5.75 Å². The van der Waals surface area contributed by atoms with Crippen LogP contribution in [0.1, 0.15) is 31.7 Å². The van der Waals surface area contributed by atoms with E-state index in [2.05, 4.69) is 0 Å². The molecule has 0 amide bonds. The van der Waals surface area contributed by atoms with E-state index in [4.69, 9.17) is 4.74 Å². The molecule has 0 bridgehead atoms. The summed E-state index contributed by atoms with van der Waals surface area (Å²) in [6.45, 7) is 4.01. The minimum atomic E-state index is -0.262. The second-order valence-electron chi connectivity index (χ2n) is 3.76. The molecule has 0 aliphatic heterocycles. The van der Waals surface area contributed by atoms with Gasteiger partial charge in [-0.2, -0.15) is 0 Å². The first-order valence-electron chi connectivity index (χ1n) is 5.54. The maximum atomic E-state index is 13.1. The lowest BCUT2D eigenvalue weighted by Gasteiger charge is -2.06. The molecule has 2 nitrogen and oxygen atoms in total. The van der Waals surface area contributed by atoms with Gasteiger partial charge in [0.05, 0.1) is 6.61 Å². The number of benzene rings is 1. The van der Waals surface area contributed by atoms with Gasteiger partial charge in [0.25, 0.3) is 0 Å². The molecule has 0 N–H and O–H groups in total. The normalized spacial score (nSPS) is 10.2. The van der Waals surface area contributed by atoms with Crippen LogP contribution >= 0.6 is 0 Å². The van der Waals surface area contributed by atoms with E-state index >= 15 is 0 Å². The molecule has 88 valence electrons. The molecule has 0 spiro atoms. The largest absolute Gasteiger partial charge is 0.493 e. The predicted molar refractivity (Wildman–Crippen MR) is 61.2 cm³/mol. The zero-order valence-corrected chi connectivity index (χ0v) is 9.75. The van der Waals surface area contributed by atoms with Gasteiger partial charge in [-0.3, -0.25) is 4.79 Å². The fraction of sp³-hybridized carbons (Fsp3) is 0.462. The van der Waals surface area contributed by atoms with Gasteiger partial charge >= 0.3 is 0 Å². The minimum Gasteiger partial charge on any atom is -0.493 e. The van der Waals surface area contributed by atoms with Gasteiger partial charge in [0.1, 0.15) is 17.3 Å². The Labute approximate surface area is 95.4 Å². The van der Waals surface area contributed by atoms with Crippen molar-refractivity contribution in [3.8, 4) is 5.75 Å². The lowest BCUT2D eigenvalue weighted by molar-refractivity contribution is -0.118. The highest BCUT2D eigenvalue weighted by molar-refractivity contribution is 5.77. The monoisotopic (exact) mass is 224 g/mol. The van der Waals surface area contributed by atoms with Gasteiger partial charge < -0.3 is 4.74 Å². The van der Waals surface area contributed by atoms with Crippen molar-refractivity contribution >= 4 is 5.78 Å². The van der Waals surface area contributed by atoms with E-state index in [0.29, 0.717) is 37.2 Å². The minimum absolute atomic E-state index is 0.235. The van der Waals surface area contributed by atoms with Crippen LogP contribution in [-0.2, 0) is 4.79 Å². The van der Waals surface area contributed by atoms with Gasteiger partial charge in [-0.15, -0.1) is 0 Å². The Morgan fingerprint density at radius 1 is 1.44 bits per heavy atom. The molecule has 1 rings (SSSR count). The maximum absolute atomic E-state index is 13.1. The topological polar surface area (TPSA) is 26.3 Å². The lowest BCUT2D eigenvalue weighted by atomic mass is 10.2. The number of hydrogen-bond acceptors (Lipinski definition) is 2. The Hall–Kier alpha value is -1.38. The molecule has 0 radical (unpaired) electrons. The molecule has 0 heterocycles. The SMILES string of the molecule is CCC(=O)CCCOc1ccc(C)c(F)c1. The fourth-order valence-electron chi connectivity index (χ4n) is 1.30. The number of ketones is 1. The molecule has 0 aliphatic rings. The number of aryl methyl sites for hydroxylation is 1. The average Bonchev–Trinajstić information content (AvgIpc) is 2.28. The highest BCUT2D eigenvalue weighted by atomic mass is 19.1. The molecular weight excluding hydrogens is 207 g/mol. The van der Waals surface area contributed by atoms with Crippen molar-refractivity contribution in [2.24, 2.45) is 0 Å². The van der Waals surface area contributed by atoms with E-state index in [-0.39, 0.29) is 11.6 Å². The second kappa shape index (κ2) is 6.26. The van der Waals surface area contributed by atoms with Crippen molar-refractivity contribution in [2.45, 2.75) is 33.1 Å². The summed E-state index contributed by atoms with van der Waals surface area (Å²) in [5, 5.41) is 0. The van der Waals surface area contributed by atoms with Crippen LogP contribution in [0, 0.1) is 12.7 Å². The maximum Gasteiger partial charge on any atom is 0.132 e. The molecular formula is C13H17FO2. The van der Waals surface area contributed by atoms with Crippen LogP contribution in [0.15, 0.2) is 18.2 Å². The van der Waals surface area contributed by atoms with Crippen molar-refractivity contribution in [3.05, 3.63) is 29.6 Å². The molecule has 0 aliphatic carbocycles. The number of hydrogen-bond donors (Lipinski definition) is 0. The van der Waals surface area contributed by atoms with Gasteiger partial charge in [0, 0.05) is 18.9 Å². The summed E-state index contributed by atoms with van der Waals surface area (Å²) in [5.41, 5.74) is 0.605. The molecule has 1 aromatic carbocycles. The Morgan fingerprint density at radius 2 is 2.19 bits per heavy atom. The molecule has 0 saturated carbocycles. The standard InChI is InChI=1S/C13H17FO2/c1-3-11(15)5-4-8-16-12-7-6-10(2)13(14)9-12/h6-7,9H,3-5,8H2,1-2H3. The third-order valence-corrected chi connectivity index (χ3v) is 2.41. The first-order valence-corrected chi connectivity index (χ1v) is 5.54. The van der Waals surface area contributed by atoms with Gasteiger partial charge in [-0.25, -0.2) is 4.39 Å². The number of halogens is 1. The third kappa shape index (κ3) is 4.01. The van der Waals surface area contributed by atoms with Crippen LogP contribution in [0.4, 0.5) is 4.39 Å². The second-order valence-corrected chi connectivity index (χ2v) is 3.76. The van der Waals surface area contributed by atoms with Crippen LogP contribution < -0.4 is 4.74 Å². The highest BCUT2D eigenvalue weighted by Gasteiger charge is 2.01. The molecule has 1 aromatic rings. The van der Waals surface area contributed by atoms with Gasteiger partial charge in [-0.05, 0) is 25.0 Å². The van der Waals surface area contributed by atoms with Crippen molar-refractivity contribution in [1.82, 2.24) is 0 Å². The van der Waals surface area contributed by atoms with Crippen molar-refractivity contribution < 1.29 is 13.9 Å². The first-order chi connectivity index (χ1) is 7.63. The highest BCUT2D eigenvalue weighted by Crippen LogP contribution is 2.16. The van der Waals surface area contributed by atoms with Crippen LogP contribution in [0.25, 0.3) is 0 Å². The number of ether oxygens (including phenoxy) is 1. The molecule has 16 heavy (non-hydrogen) atoms. The van der Waals surface area contributed by atoms with E-state index in [0.717, 1.165) is 0 Å². The number of carbonyl (C=O) groups is 1. The zero-order chi connectivity index (χ0) is 12.0. The van der Waals surface area contributed by atoms with Gasteiger partial charge in [0.2, 0.25) is 0 Å². The summed E-state index contributed by atoms with van der Waals surface area (Å²) >= 11 is 0. The molecule has 0 saturated heterocycles. The summed E-state index contributed by atoms with van der Waals surface area (Å²) in [7, 11) is 0. The summed E-state index contributed by atoms with van der Waals surface area (Å²) in [5.74, 6) is 0.493. The summed E-state index contributed by atoms with van der Waals surface area (Å²) in [6.07, 6.45) is 1.78. The molecule has 0 unspecified atom stereocenters. The molecule has 0 aromatic heterocycles. The molecule has 0 fully saturated rings. The van der Waals surface area contributed by atoms with Crippen molar-refractivity contribution in [1.29, 1.82) is 0 Å². The third-order valence-electron chi connectivity index (χ3n) is 2.41. The van der Waals surface area contributed by atoms with E-state index in [9.17, 15) is 9.18 Å². The fourth-order valence-corrected chi connectivity index (χ4v) is 1.30.